The molecule has 0 aliphatic carbocycles. The summed E-state index contributed by atoms with van der Waals surface area (Å²) in [4.78, 5) is 0. The number of rotatable bonds is 5. The molecule has 0 bridgehead atoms. The van der Waals surface area contributed by atoms with E-state index in [2.05, 4.69) is 86.3 Å². The van der Waals surface area contributed by atoms with E-state index in [9.17, 15) is 0 Å². The zero-order chi connectivity index (χ0) is 16.7. The standard InChI is InChI=1S/C23H24/c1-5-12-21-16-10-11-17-23(21)19(4)22(13-6-2)18(3)20-14-8-7-9-15-20/h5-17H,4H2,1-3H3/b12-5-,13-6-,22-18+. The minimum Gasteiger partial charge on any atom is -0.0905 e. The Balaban J connectivity index is 2.57. The first-order valence-electron chi connectivity index (χ1n) is 7.99. The third-order valence-corrected chi connectivity index (χ3v) is 3.90. The van der Waals surface area contributed by atoms with Gasteiger partial charge in [-0.2, -0.15) is 0 Å². The Kier molecular flexibility index (Phi) is 5.94. The van der Waals surface area contributed by atoms with Crippen LogP contribution in [-0.4, -0.2) is 0 Å². The highest BCUT2D eigenvalue weighted by molar-refractivity contribution is 5.92. The van der Waals surface area contributed by atoms with E-state index in [4.69, 9.17) is 0 Å². The van der Waals surface area contributed by atoms with Gasteiger partial charge in [-0.05, 0) is 54.2 Å². The SMILES string of the molecule is C=C(C(/C=C\C)=C(\C)c1ccccc1)c1ccccc1/C=C\C. The molecule has 0 saturated carbocycles. The van der Waals surface area contributed by atoms with Crippen LogP contribution in [-0.2, 0) is 0 Å². The van der Waals surface area contributed by atoms with Crippen LogP contribution in [0.25, 0.3) is 17.2 Å². The summed E-state index contributed by atoms with van der Waals surface area (Å²) in [5.41, 5.74) is 7.07. The van der Waals surface area contributed by atoms with Gasteiger partial charge in [0, 0.05) is 0 Å². The second kappa shape index (κ2) is 8.14. The first-order chi connectivity index (χ1) is 11.2. The molecule has 2 aromatic rings. The lowest BCUT2D eigenvalue weighted by molar-refractivity contribution is 1.49. The molecule has 116 valence electrons. The Morgan fingerprint density at radius 2 is 1.52 bits per heavy atom. The molecule has 0 saturated heterocycles. The molecular weight excluding hydrogens is 276 g/mol. The van der Waals surface area contributed by atoms with Crippen LogP contribution >= 0.6 is 0 Å². The van der Waals surface area contributed by atoms with Gasteiger partial charge in [-0.25, -0.2) is 0 Å². The topological polar surface area (TPSA) is 0 Å². The monoisotopic (exact) mass is 300 g/mol. The van der Waals surface area contributed by atoms with Gasteiger partial charge in [0.05, 0.1) is 0 Å². The normalized spacial score (nSPS) is 12.7. The minimum atomic E-state index is 1.05. The van der Waals surface area contributed by atoms with Crippen molar-refractivity contribution in [3.63, 3.8) is 0 Å². The third kappa shape index (κ3) is 3.98. The van der Waals surface area contributed by atoms with Crippen LogP contribution in [0.2, 0.25) is 0 Å². The Labute approximate surface area is 140 Å². The molecule has 0 aliphatic heterocycles. The molecule has 2 aromatic carbocycles. The van der Waals surface area contributed by atoms with Gasteiger partial charge in [-0.1, -0.05) is 85.5 Å². The Morgan fingerprint density at radius 1 is 0.870 bits per heavy atom. The van der Waals surface area contributed by atoms with E-state index in [1.807, 2.05) is 19.9 Å². The molecule has 0 spiro atoms. The number of benzene rings is 2. The molecule has 0 fully saturated rings. The van der Waals surface area contributed by atoms with Crippen molar-refractivity contribution in [3.05, 3.63) is 102 Å². The van der Waals surface area contributed by atoms with Crippen LogP contribution < -0.4 is 0 Å². The lowest BCUT2D eigenvalue weighted by Crippen LogP contribution is -1.93. The molecular formula is C23H24. The van der Waals surface area contributed by atoms with E-state index in [1.54, 1.807) is 0 Å². The van der Waals surface area contributed by atoms with Crippen LogP contribution in [0.1, 0.15) is 37.5 Å². The van der Waals surface area contributed by atoms with Crippen molar-refractivity contribution < 1.29 is 0 Å². The lowest BCUT2D eigenvalue weighted by atomic mass is 9.89. The molecule has 0 heterocycles. The molecule has 0 radical (unpaired) electrons. The van der Waals surface area contributed by atoms with E-state index >= 15 is 0 Å². The molecule has 0 N–H and O–H groups in total. The first-order valence-corrected chi connectivity index (χ1v) is 7.99. The molecule has 2 rings (SSSR count). The molecule has 0 unspecified atom stereocenters. The molecule has 0 aliphatic rings. The zero-order valence-corrected chi connectivity index (χ0v) is 14.2. The molecule has 0 nitrogen and oxygen atoms in total. The van der Waals surface area contributed by atoms with E-state index in [0.29, 0.717) is 0 Å². The van der Waals surface area contributed by atoms with Crippen LogP contribution in [0.4, 0.5) is 0 Å². The fourth-order valence-electron chi connectivity index (χ4n) is 2.70. The highest BCUT2D eigenvalue weighted by Crippen LogP contribution is 2.32. The van der Waals surface area contributed by atoms with Gasteiger partial charge < -0.3 is 0 Å². The van der Waals surface area contributed by atoms with Gasteiger partial charge in [-0.15, -0.1) is 0 Å². The molecule has 0 atom stereocenters. The van der Waals surface area contributed by atoms with Gasteiger partial charge in [0.1, 0.15) is 0 Å². The summed E-state index contributed by atoms with van der Waals surface area (Å²) >= 11 is 0. The van der Waals surface area contributed by atoms with Gasteiger partial charge in [-0.3, -0.25) is 0 Å². The summed E-state index contributed by atoms with van der Waals surface area (Å²) in [6.45, 7) is 10.6. The van der Waals surface area contributed by atoms with Gasteiger partial charge in [0.15, 0.2) is 0 Å². The van der Waals surface area contributed by atoms with Crippen molar-refractivity contribution in [1.82, 2.24) is 0 Å². The molecule has 0 amide bonds. The smallest absolute Gasteiger partial charge is 0.0111 e. The van der Waals surface area contributed by atoms with Gasteiger partial charge in [0.25, 0.3) is 0 Å². The fourth-order valence-corrected chi connectivity index (χ4v) is 2.70. The van der Waals surface area contributed by atoms with Crippen molar-refractivity contribution >= 4 is 17.2 Å². The summed E-state index contributed by atoms with van der Waals surface area (Å²) in [6.07, 6.45) is 8.42. The highest BCUT2D eigenvalue weighted by Gasteiger charge is 2.10. The van der Waals surface area contributed by atoms with E-state index in [0.717, 1.165) is 5.57 Å². The summed E-state index contributed by atoms with van der Waals surface area (Å²) in [5, 5.41) is 0. The maximum atomic E-state index is 4.39. The average molecular weight is 300 g/mol. The quantitative estimate of drug-likeness (QED) is 0.534. The summed E-state index contributed by atoms with van der Waals surface area (Å²) < 4.78 is 0. The van der Waals surface area contributed by atoms with Crippen molar-refractivity contribution in [2.45, 2.75) is 20.8 Å². The van der Waals surface area contributed by atoms with Crippen LogP contribution in [0.3, 0.4) is 0 Å². The van der Waals surface area contributed by atoms with Crippen molar-refractivity contribution in [2.24, 2.45) is 0 Å². The predicted octanol–water partition coefficient (Wildman–Crippen LogP) is 6.78. The van der Waals surface area contributed by atoms with E-state index < -0.39 is 0 Å². The second-order valence-corrected chi connectivity index (χ2v) is 5.47. The fraction of sp³-hybridized carbons (Fsp3) is 0.130. The first kappa shape index (κ1) is 16.8. The average Bonchev–Trinajstić information content (AvgIpc) is 2.60. The zero-order valence-electron chi connectivity index (χ0n) is 14.2. The number of hydrogen-bond donors (Lipinski definition) is 0. The Morgan fingerprint density at radius 3 is 2.17 bits per heavy atom. The summed E-state index contributed by atoms with van der Waals surface area (Å²) in [6, 6.07) is 18.9. The van der Waals surface area contributed by atoms with Gasteiger partial charge >= 0.3 is 0 Å². The van der Waals surface area contributed by atoms with Crippen LogP contribution in [0.15, 0.2) is 85.0 Å². The number of hydrogen-bond acceptors (Lipinski definition) is 0. The van der Waals surface area contributed by atoms with Crippen molar-refractivity contribution in [2.75, 3.05) is 0 Å². The highest BCUT2D eigenvalue weighted by atomic mass is 14.1. The number of allylic oxidation sites excluding steroid dienone is 6. The summed E-state index contributed by atoms with van der Waals surface area (Å²) in [7, 11) is 0. The van der Waals surface area contributed by atoms with Crippen molar-refractivity contribution in [3.8, 4) is 0 Å². The minimum absolute atomic E-state index is 1.05. The molecule has 0 heteroatoms. The lowest BCUT2D eigenvalue weighted by Gasteiger charge is -2.15. The Hall–Kier alpha value is -2.60. The predicted molar refractivity (Wildman–Crippen MR) is 104 cm³/mol. The van der Waals surface area contributed by atoms with E-state index in [1.165, 1.54) is 27.8 Å². The van der Waals surface area contributed by atoms with Crippen molar-refractivity contribution in [1.29, 1.82) is 0 Å². The second-order valence-electron chi connectivity index (χ2n) is 5.47. The maximum absolute atomic E-state index is 4.39. The van der Waals surface area contributed by atoms with Crippen LogP contribution in [0.5, 0.6) is 0 Å². The van der Waals surface area contributed by atoms with Gasteiger partial charge in [0.2, 0.25) is 0 Å². The molecule has 0 aromatic heterocycles. The van der Waals surface area contributed by atoms with E-state index in [-0.39, 0.29) is 0 Å². The van der Waals surface area contributed by atoms with Crippen LogP contribution in [0, 0.1) is 0 Å². The molecule has 23 heavy (non-hydrogen) atoms. The largest absolute Gasteiger partial charge is 0.0905 e. The Bertz CT molecular complexity index is 756. The maximum Gasteiger partial charge on any atom is -0.0111 e. The summed E-state index contributed by atoms with van der Waals surface area (Å²) in [5.74, 6) is 0. The third-order valence-electron chi connectivity index (χ3n) is 3.90.